The molecular formula is C21H26N2O3S. The van der Waals surface area contributed by atoms with E-state index in [2.05, 4.69) is 4.90 Å². The average Bonchev–Trinajstić information content (AvgIpc) is 3.07. The number of benzene rings is 1. The highest BCUT2D eigenvalue weighted by molar-refractivity contribution is 7.11. The molecular weight excluding hydrogens is 360 g/mol. The van der Waals surface area contributed by atoms with Gasteiger partial charge in [-0.25, -0.2) is 4.98 Å². The van der Waals surface area contributed by atoms with E-state index in [9.17, 15) is 15.0 Å². The molecule has 0 bridgehead atoms. The van der Waals surface area contributed by atoms with Crippen molar-refractivity contribution >= 4 is 17.3 Å². The van der Waals surface area contributed by atoms with Crippen molar-refractivity contribution in [3.05, 3.63) is 51.5 Å². The zero-order valence-corrected chi connectivity index (χ0v) is 16.2. The smallest absolute Gasteiger partial charge is 0.313 e. The van der Waals surface area contributed by atoms with Crippen LogP contribution < -0.4 is 0 Å². The van der Waals surface area contributed by atoms with E-state index in [0.717, 1.165) is 23.4 Å². The Morgan fingerprint density at radius 1 is 1.26 bits per heavy atom. The average molecular weight is 387 g/mol. The summed E-state index contributed by atoms with van der Waals surface area (Å²) < 4.78 is 0. The Hall–Kier alpha value is -1.76. The van der Waals surface area contributed by atoms with E-state index in [1.165, 1.54) is 23.4 Å². The molecule has 1 fully saturated rings. The third-order valence-corrected chi connectivity index (χ3v) is 7.04. The van der Waals surface area contributed by atoms with Crippen LogP contribution in [0.4, 0.5) is 0 Å². The number of aliphatic carboxylic acids is 1. The monoisotopic (exact) mass is 386 g/mol. The minimum atomic E-state index is -1.17. The third-order valence-electron chi connectivity index (χ3n) is 5.90. The van der Waals surface area contributed by atoms with E-state index in [-0.39, 0.29) is 0 Å². The number of aryl methyl sites for hydroxylation is 2. The quantitative estimate of drug-likeness (QED) is 0.827. The number of piperidine rings is 1. The first-order chi connectivity index (χ1) is 13.1. The SMILES string of the molecule is O=C(O)[C@]1(Cc2ccccc2)CN(Cc2nc3c(s2)CCCC3)CC[C@@H]1O. The normalized spacial score (nSPS) is 25.9. The van der Waals surface area contributed by atoms with Gasteiger partial charge in [0.05, 0.1) is 18.3 Å². The molecule has 27 heavy (non-hydrogen) atoms. The molecule has 0 spiro atoms. The molecule has 6 heteroatoms. The fourth-order valence-electron chi connectivity index (χ4n) is 4.38. The lowest BCUT2D eigenvalue weighted by Crippen LogP contribution is -2.56. The van der Waals surface area contributed by atoms with Gasteiger partial charge in [-0.2, -0.15) is 0 Å². The van der Waals surface area contributed by atoms with Crippen LogP contribution in [-0.2, 0) is 30.6 Å². The lowest BCUT2D eigenvalue weighted by atomic mass is 9.73. The van der Waals surface area contributed by atoms with Gasteiger partial charge in [-0.1, -0.05) is 30.3 Å². The molecule has 2 heterocycles. The summed E-state index contributed by atoms with van der Waals surface area (Å²) in [5.41, 5.74) is 1.02. The van der Waals surface area contributed by atoms with Crippen molar-refractivity contribution in [1.29, 1.82) is 0 Å². The number of nitrogens with zero attached hydrogens (tertiary/aromatic N) is 2. The summed E-state index contributed by atoms with van der Waals surface area (Å²) in [6.45, 7) is 1.73. The topological polar surface area (TPSA) is 73.7 Å². The van der Waals surface area contributed by atoms with Gasteiger partial charge in [-0.3, -0.25) is 9.69 Å². The molecule has 0 unspecified atom stereocenters. The van der Waals surface area contributed by atoms with E-state index < -0.39 is 17.5 Å². The predicted octanol–water partition coefficient (Wildman–Crippen LogP) is 2.90. The van der Waals surface area contributed by atoms with Crippen LogP contribution in [0.25, 0.3) is 0 Å². The molecule has 2 atom stereocenters. The number of rotatable bonds is 5. The number of carboxylic acids is 1. The van der Waals surface area contributed by atoms with Gasteiger partial charge >= 0.3 is 5.97 Å². The van der Waals surface area contributed by atoms with E-state index in [4.69, 9.17) is 4.98 Å². The van der Waals surface area contributed by atoms with E-state index in [1.807, 2.05) is 30.3 Å². The first-order valence-corrected chi connectivity index (χ1v) is 10.5. The molecule has 2 aromatic rings. The molecule has 5 nitrogen and oxygen atoms in total. The Labute approximate surface area is 163 Å². The van der Waals surface area contributed by atoms with Crippen LogP contribution in [0.5, 0.6) is 0 Å². The van der Waals surface area contributed by atoms with Crippen molar-refractivity contribution in [2.45, 2.75) is 51.2 Å². The third kappa shape index (κ3) is 3.79. The van der Waals surface area contributed by atoms with Gasteiger partial charge < -0.3 is 10.2 Å². The number of hydrogen-bond donors (Lipinski definition) is 2. The highest BCUT2D eigenvalue weighted by Crippen LogP contribution is 2.36. The number of likely N-dealkylation sites (tertiary alicyclic amines) is 1. The number of fused-ring (bicyclic) bond motifs is 1. The number of aromatic nitrogens is 1. The van der Waals surface area contributed by atoms with Crippen molar-refractivity contribution in [2.75, 3.05) is 13.1 Å². The lowest BCUT2D eigenvalue weighted by Gasteiger charge is -2.43. The Bertz CT molecular complexity index is 784. The first kappa shape index (κ1) is 18.6. The summed E-state index contributed by atoms with van der Waals surface area (Å²) in [5, 5.41) is 21.8. The second kappa shape index (κ2) is 7.70. The van der Waals surface area contributed by atoms with Crippen LogP contribution in [0, 0.1) is 5.41 Å². The lowest BCUT2D eigenvalue weighted by molar-refractivity contribution is -0.163. The maximum atomic E-state index is 12.2. The summed E-state index contributed by atoms with van der Waals surface area (Å²) in [6.07, 6.45) is 4.63. The highest BCUT2D eigenvalue weighted by Gasteiger charge is 2.49. The molecule has 0 amide bonds. The molecule has 1 saturated heterocycles. The van der Waals surface area contributed by atoms with Crippen LogP contribution in [0.2, 0.25) is 0 Å². The molecule has 0 saturated carbocycles. The van der Waals surface area contributed by atoms with Gasteiger partial charge in [0.25, 0.3) is 0 Å². The van der Waals surface area contributed by atoms with E-state index >= 15 is 0 Å². The highest BCUT2D eigenvalue weighted by atomic mass is 32.1. The van der Waals surface area contributed by atoms with Crippen LogP contribution in [0.15, 0.2) is 30.3 Å². The number of aliphatic hydroxyl groups is 1. The van der Waals surface area contributed by atoms with Gasteiger partial charge in [-0.05, 0) is 44.1 Å². The van der Waals surface area contributed by atoms with Crippen molar-refractivity contribution in [1.82, 2.24) is 9.88 Å². The second-order valence-electron chi connectivity index (χ2n) is 7.82. The molecule has 0 radical (unpaired) electrons. The maximum absolute atomic E-state index is 12.2. The van der Waals surface area contributed by atoms with Crippen molar-refractivity contribution in [3.63, 3.8) is 0 Å². The predicted molar refractivity (Wildman–Crippen MR) is 105 cm³/mol. The molecule has 144 valence electrons. The Kier molecular flexibility index (Phi) is 5.30. The van der Waals surface area contributed by atoms with E-state index in [0.29, 0.717) is 32.5 Å². The number of carboxylic acid groups (broad SMARTS) is 1. The van der Waals surface area contributed by atoms with Crippen molar-refractivity contribution < 1.29 is 15.0 Å². The molecule has 4 rings (SSSR count). The summed E-state index contributed by atoms with van der Waals surface area (Å²) >= 11 is 1.78. The number of hydrogen-bond acceptors (Lipinski definition) is 5. The first-order valence-electron chi connectivity index (χ1n) is 9.72. The standard InChI is InChI=1S/C21H26N2O3S/c24-18-10-11-23(13-19-22-16-8-4-5-9-17(16)27-19)14-21(18,20(25)26)12-15-6-2-1-3-7-15/h1-3,6-7,18,24H,4-5,8-14H2,(H,25,26)/t18-,21+/m0/s1. The Balaban J connectivity index is 1.53. The van der Waals surface area contributed by atoms with Gasteiger partial charge in [0.2, 0.25) is 0 Å². The summed E-state index contributed by atoms with van der Waals surface area (Å²) in [7, 11) is 0. The number of thiazole rings is 1. The molecule has 1 aromatic heterocycles. The Morgan fingerprint density at radius 3 is 2.78 bits per heavy atom. The zero-order valence-electron chi connectivity index (χ0n) is 15.4. The van der Waals surface area contributed by atoms with Crippen molar-refractivity contribution in [2.24, 2.45) is 5.41 Å². The van der Waals surface area contributed by atoms with Gasteiger partial charge in [0.15, 0.2) is 0 Å². The molecule has 1 aliphatic carbocycles. The molecule has 2 N–H and O–H groups in total. The number of carbonyl (C=O) groups is 1. The summed E-state index contributed by atoms with van der Waals surface area (Å²) in [4.78, 5) is 20.6. The number of aliphatic hydroxyl groups excluding tert-OH is 1. The summed E-state index contributed by atoms with van der Waals surface area (Å²) in [6, 6.07) is 9.62. The molecule has 2 aliphatic rings. The molecule has 1 aliphatic heterocycles. The Morgan fingerprint density at radius 2 is 2.04 bits per heavy atom. The van der Waals surface area contributed by atoms with Crippen LogP contribution in [0.1, 0.15) is 40.4 Å². The minimum absolute atomic E-state index is 0.342. The van der Waals surface area contributed by atoms with Gasteiger partial charge in [-0.15, -0.1) is 11.3 Å². The van der Waals surface area contributed by atoms with Crippen LogP contribution in [0.3, 0.4) is 0 Å². The van der Waals surface area contributed by atoms with Crippen LogP contribution >= 0.6 is 11.3 Å². The molecule has 1 aromatic carbocycles. The van der Waals surface area contributed by atoms with E-state index in [1.54, 1.807) is 11.3 Å². The summed E-state index contributed by atoms with van der Waals surface area (Å²) in [5.74, 6) is -0.915. The largest absolute Gasteiger partial charge is 0.481 e. The zero-order chi connectivity index (χ0) is 18.9. The second-order valence-corrected chi connectivity index (χ2v) is 8.99. The fourth-order valence-corrected chi connectivity index (χ4v) is 5.58. The van der Waals surface area contributed by atoms with Crippen LogP contribution in [-0.4, -0.2) is 45.3 Å². The van der Waals surface area contributed by atoms with Gasteiger partial charge in [0, 0.05) is 18.0 Å². The maximum Gasteiger partial charge on any atom is 0.313 e. The fraction of sp³-hybridized carbons (Fsp3) is 0.524. The van der Waals surface area contributed by atoms with Gasteiger partial charge in [0.1, 0.15) is 10.4 Å². The van der Waals surface area contributed by atoms with Crippen molar-refractivity contribution in [3.8, 4) is 0 Å². The minimum Gasteiger partial charge on any atom is -0.481 e.